The van der Waals surface area contributed by atoms with E-state index in [0.29, 0.717) is 33.8 Å². The van der Waals surface area contributed by atoms with Gasteiger partial charge in [0.05, 0.1) is 23.6 Å². The number of carbonyl (C=O) groups is 1. The molecular weight excluding hydrogens is 438 g/mol. The van der Waals surface area contributed by atoms with Gasteiger partial charge in [0, 0.05) is 10.7 Å². The molecule has 0 fully saturated rings. The van der Waals surface area contributed by atoms with Crippen molar-refractivity contribution in [1.82, 2.24) is 0 Å². The number of aryl methyl sites for hydroxylation is 1. The molecule has 1 aliphatic heterocycles. The molecule has 0 radical (unpaired) electrons. The van der Waals surface area contributed by atoms with Gasteiger partial charge in [-0.25, -0.2) is 0 Å². The normalized spacial score (nSPS) is 15.2. The van der Waals surface area contributed by atoms with Gasteiger partial charge < -0.3 is 9.15 Å². The molecule has 1 aliphatic rings. The van der Waals surface area contributed by atoms with E-state index >= 15 is 0 Å². The maximum atomic E-state index is 13.7. The summed E-state index contributed by atoms with van der Waals surface area (Å²) in [6.07, 6.45) is 0.905. The minimum atomic E-state index is -0.646. The van der Waals surface area contributed by atoms with Gasteiger partial charge in [0.15, 0.2) is 5.43 Å². The van der Waals surface area contributed by atoms with Crippen LogP contribution < -0.4 is 15.1 Å². The minimum Gasteiger partial charge on any atom is -0.494 e. The third-order valence-electron chi connectivity index (χ3n) is 5.78. The van der Waals surface area contributed by atoms with Crippen molar-refractivity contribution in [2.75, 3.05) is 11.5 Å². The van der Waals surface area contributed by atoms with Crippen LogP contribution in [0.4, 0.5) is 5.69 Å². The highest BCUT2D eigenvalue weighted by molar-refractivity contribution is 6.31. The molecule has 0 spiro atoms. The third-order valence-corrected chi connectivity index (χ3v) is 6.02. The Hall–Kier alpha value is -3.57. The van der Waals surface area contributed by atoms with Crippen molar-refractivity contribution in [2.45, 2.75) is 26.3 Å². The van der Waals surface area contributed by atoms with Crippen molar-refractivity contribution >= 4 is 34.2 Å². The lowest BCUT2D eigenvalue weighted by Gasteiger charge is -2.25. The predicted molar refractivity (Wildman–Crippen MR) is 130 cm³/mol. The smallest absolute Gasteiger partial charge is 0.295 e. The molecule has 1 amide bonds. The van der Waals surface area contributed by atoms with E-state index in [1.54, 1.807) is 41.3 Å². The molecule has 1 unspecified atom stereocenters. The average Bonchev–Trinajstić information content (AvgIpc) is 3.11. The second kappa shape index (κ2) is 8.41. The Bertz CT molecular complexity index is 1420. The maximum absolute atomic E-state index is 13.7. The first-order chi connectivity index (χ1) is 16.0. The summed E-state index contributed by atoms with van der Waals surface area (Å²) >= 11 is 6.24. The van der Waals surface area contributed by atoms with Gasteiger partial charge in [0.2, 0.25) is 5.76 Å². The molecule has 3 aromatic carbocycles. The summed E-state index contributed by atoms with van der Waals surface area (Å²) in [5.41, 5.74) is 2.84. The molecule has 0 saturated heterocycles. The Kier molecular flexibility index (Phi) is 5.43. The van der Waals surface area contributed by atoms with Gasteiger partial charge in [-0.15, -0.1) is 0 Å². The summed E-state index contributed by atoms with van der Waals surface area (Å²) < 4.78 is 11.7. The number of anilines is 1. The highest BCUT2D eigenvalue weighted by Gasteiger charge is 2.43. The van der Waals surface area contributed by atoms with E-state index in [1.807, 2.05) is 44.2 Å². The average molecular weight is 460 g/mol. The lowest BCUT2D eigenvalue weighted by molar-refractivity contribution is 0.0971. The van der Waals surface area contributed by atoms with Crippen LogP contribution in [0.15, 0.2) is 75.9 Å². The molecule has 2 heterocycles. The number of nitrogens with zero attached hydrogens (tertiary/aromatic N) is 1. The zero-order chi connectivity index (χ0) is 23.1. The highest BCUT2D eigenvalue weighted by atomic mass is 35.5. The van der Waals surface area contributed by atoms with Crippen molar-refractivity contribution < 1.29 is 13.9 Å². The van der Waals surface area contributed by atoms with Crippen LogP contribution in [0.1, 0.15) is 46.6 Å². The molecule has 0 N–H and O–H groups in total. The fourth-order valence-corrected chi connectivity index (χ4v) is 4.45. The first-order valence-electron chi connectivity index (χ1n) is 10.9. The predicted octanol–water partition coefficient (Wildman–Crippen LogP) is 6.29. The fraction of sp³-hybridized carbons (Fsp3) is 0.185. The molecule has 4 aromatic rings. The SMILES string of the molecule is CCCOc1ccc(C2c3c(oc4ccc(C)cc4c3=O)C(=O)N2c2cccc(Cl)c2)cc1. The first kappa shape index (κ1) is 21.3. The summed E-state index contributed by atoms with van der Waals surface area (Å²) in [7, 11) is 0. The standard InChI is InChI=1S/C27H22ClNO4/c1-3-13-32-20-10-8-17(9-11-20)24-23-25(30)21-14-16(2)7-12-22(21)33-26(23)27(31)29(24)19-6-4-5-18(28)15-19/h4-12,14-15,24H,3,13H2,1-2H3. The van der Waals surface area contributed by atoms with E-state index in [1.165, 1.54) is 0 Å². The number of benzene rings is 3. The van der Waals surface area contributed by atoms with Crippen molar-refractivity contribution in [1.29, 1.82) is 0 Å². The van der Waals surface area contributed by atoms with E-state index in [0.717, 1.165) is 23.3 Å². The largest absolute Gasteiger partial charge is 0.494 e. The molecule has 0 saturated carbocycles. The van der Waals surface area contributed by atoms with Crippen LogP contribution >= 0.6 is 11.6 Å². The molecule has 0 bridgehead atoms. The number of carbonyl (C=O) groups excluding carboxylic acids is 1. The maximum Gasteiger partial charge on any atom is 0.295 e. The number of rotatable bonds is 5. The second-order valence-corrected chi connectivity index (χ2v) is 8.59. The number of hydrogen-bond acceptors (Lipinski definition) is 4. The number of fused-ring (bicyclic) bond motifs is 2. The van der Waals surface area contributed by atoms with Gasteiger partial charge in [0.25, 0.3) is 5.91 Å². The van der Waals surface area contributed by atoms with Crippen molar-refractivity contribution in [3.8, 4) is 5.75 Å². The molecule has 0 aliphatic carbocycles. The lowest BCUT2D eigenvalue weighted by atomic mass is 9.98. The first-order valence-corrected chi connectivity index (χ1v) is 11.2. The molecule has 5 rings (SSSR count). The summed E-state index contributed by atoms with van der Waals surface area (Å²) in [5.74, 6) is 0.427. The Labute approximate surface area is 196 Å². The van der Waals surface area contributed by atoms with Crippen LogP contribution in [0, 0.1) is 6.92 Å². The quantitative estimate of drug-likeness (QED) is 0.351. The molecule has 33 heavy (non-hydrogen) atoms. The topological polar surface area (TPSA) is 59.8 Å². The van der Waals surface area contributed by atoms with E-state index in [4.69, 9.17) is 20.8 Å². The molecule has 166 valence electrons. The third kappa shape index (κ3) is 3.68. The van der Waals surface area contributed by atoms with Crippen LogP contribution in [-0.2, 0) is 0 Å². The Morgan fingerprint density at radius 2 is 1.82 bits per heavy atom. The van der Waals surface area contributed by atoms with Crippen LogP contribution in [-0.4, -0.2) is 12.5 Å². The van der Waals surface area contributed by atoms with E-state index < -0.39 is 6.04 Å². The van der Waals surface area contributed by atoms with Gasteiger partial charge in [-0.1, -0.05) is 48.4 Å². The molecular formula is C27H22ClNO4. The highest BCUT2D eigenvalue weighted by Crippen LogP contribution is 2.42. The Morgan fingerprint density at radius 3 is 2.55 bits per heavy atom. The van der Waals surface area contributed by atoms with Gasteiger partial charge in [-0.05, 0) is 61.4 Å². The van der Waals surface area contributed by atoms with Crippen molar-refractivity contribution in [3.63, 3.8) is 0 Å². The Balaban J connectivity index is 1.73. The number of ether oxygens (including phenoxy) is 1. The lowest BCUT2D eigenvalue weighted by Crippen LogP contribution is -2.29. The van der Waals surface area contributed by atoms with Gasteiger partial charge in [0.1, 0.15) is 11.3 Å². The summed E-state index contributed by atoms with van der Waals surface area (Å²) in [6.45, 7) is 4.58. The van der Waals surface area contributed by atoms with Gasteiger partial charge in [-0.3, -0.25) is 14.5 Å². The fourth-order valence-electron chi connectivity index (χ4n) is 4.26. The molecule has 5 nitrogen and oxygen atoms in total. The van der Waals surface area contributed by atoms with E-state index in [2.05, 4.69) is 0 Å². The van der Waals surface area contributed by atoms with Gasteiger partial charge in [-0.2, -0.15) is 0 Å². The summed E-state index contributed by atoms with van der Waals surface area (Å²) in [5, 5.41) is 0.959. The van der Waals surface area contributed by atoms with Crippen LogP contribution in [0.25, 0.3) is 11.0 Å². The van der Waals surface area contributed by atoms with Crippen LogP contribution in [0.3, 0.4) is 0 Å². The minimum absolute atomic E-state index is 0.0626. The molecule has 6 heteroatoms. The van der Waals surface area contributed by atoms with Crippen LogP contribution in [0.5, 0.6) is 5.75 Å². The number of halogens is 1. The van der Waals surface area contributed by atoms with Gasteiger partial charge >= 0.3 is 0 Å². The van der Waals surface area contributed by atoms with E-state index in [9.17, 15) is 9.59 Å². The molecule has 1 aromatic heterocycles. The zero-order valence-corrected chi connectivity index (χ0v) is 19.1. The summed E-state index contributed by atoms with van der Waals surface area (Å²) in [6, 6.07) is 19.3. The number of hydrogen-bond donors (Lipinski definition) is 0. The molecule has 1 atom stereocenters. The zero-order valence-electron chi connectivity index (χ0n) is 18.3. The summed E-state index contributed by atoms with van der Waals surface area (Å²) in [4.78, 5) is 28.8. The van der Waals surface area contributed by atoms with E-state index in [-0.39, 0.29) is 17.1 Å². The van der Waals surface area contributed by atoms with Crippen LogP contribution in [0.2, 0.25) is 5.02 Å². The second-order valence-electron chi connectivity index (χ2n) is 8.15. The Morgan fingerprint density at radius 1 is 1.03 bits per heavy atom. The monoisotopic (exact) mass is 459 g/mol. The van der Waals surface area contributed by atoms with Crippen molar-refractivity contribution in [2.24, 2.45) is 0 Å². The number of amides is 1. The van der Waals surface area contributed by atoms with Crippen molar-refractivity contribution in [3.05, 3.63) is 104 Å².